The standard InChI is InChI=1S/C26H33N3O6/c1-26(2,3)35-24(31)19-11-10-18(28-15-13-27(4)14-16-28)17-21(19)29-12-8-7-9-20(23(30)33-5)22(29)25(32)34-6/h7-12,17H,13-16H2,1-6H3. The highest BCUT2D eigenvalue weighted by Crippen LogP contribution is 2.34. The third kappa shape index (κ3) is 6.10. The number of allylic oxidation sites excluding steroid dienone is 2. The minimum atomic E-state index is -0.748. The third-order valence-corrected chi connectivity index (χ3v) is 5.62. The fourth-order valence-corrected chi connectivity index (χ4v) is 3.84. The largest absolute Gasteiger partial charge is 0.465 e. The summed E-state index contributed by atoms with van der Waals surface area (Å²) in [6.07, 6.45) is 6.37. The van der Waals surface area contributed by atoms with Crippen LogP contribution in [0.2, 0.25) is 0 Å². The van der Waals surface area contributed by atoms with Gasteiger partial charge in [-0.1, -0.05) is 6.08 Å². The molecule has 1 fully saturated rings. The number of likely N-dealkylation sites (N-methyl/N-ethyl adjacent to an activating group) is 1. The Labute approximate surface area is 206 Å². The molecule has 2 heterocycles. The van der Waals surface area contributed by atoms with Gasteiger partial charge in [0.15, 0.2) is 0 Å². The Hall–Kier alpha value is -3.59. The van der Waals surface area contributed by atoms with Gasteiger partial charge in [0.05, 0.1) is 31.0 Å². The average molecular weight is 484 g/mol. The van der Waals surface area contributed by atoms with E-state index in [0.29, 0.717) is 5.69 Å². The van der Waals surface area contributed by atoms with E-state index in [9.17, 15) is 14.4 Å². The van der Waals surface area contributed by atoms with Gasteiger partial charge >= 0.3 is 17.9 Å². The predicted octanol–water partition coefficient (Wildman–Crippen LogP) is 2.88. The number of piperazine rings is 1. The van der Waals surface area contributed by atoms with Gasteiger partial charge in [-0.25, -0.2) is 14.4 Å². The van der Waals surface area contributed by atoms with E-state index >= 15 is 0 Å². The average Bonchev–Trinajstić information content (AvgIpc) is 3.05. The fraction of sp³-hybridized carbons (Fsp3) is 0.423. The Morgan fingerprint density at radius 1 is 0.886 bits per heavy atom. The van der Waals surface area contributed by atoms with E-state index in [0.717, 1.165) is 31.9 Å². The van der Waals surface area contributed by atoms with Gasteiger partial charge in [-0.05, 0) is 58.2 Å². The summed E-state index contributed by atoms with van der Waals surface area (Å²) in [7, 11) is 4.54. The molecule has 1 aromatic rings. The van der Waals surface area contributed by atoms with Crippen molar-refractivity contribution in [3.63, 3.8) is 0 Å². The minimum absolute atomic E-state index is 0.00416. The van der Waals surface area contributed by atoms with Crippen LogP contribution in [0.15, 0.2) is 53.9 Å². The summed E-state index contributed by atoms with van der Waals surface area (Å²) in [6, 6.07) is 5.39. The molecule has 0 radical (unpaired) electrons. The molecule has 0 spiro atoms. The van der Waals surface area contributed by atoms with Crippen molar-refractivity contribution < 1.29 is 28.6 Å². The zero-order valence-corrected chi connectivity index (χ0v) is 21.2. The Bertz CT molecular complexity index is 1080. The molecule has 0 aliphatic carbocycles. The topological polar surface area (TPSA) is 88.6 Å². The quantitative estimate of drug-likeness (QED) is 0.463. The number of anilines is 2. The lowest BCUT2D eigenvalue weighted by molar-refractivity contribution is -0.139. The molecule has 35 heavy (non-hydrogen) atoms. The van der Waals surface area contributed by atoms with E-state index in [4.69, 9.17) is 14.2 Å². The molecule has 0 amide bonds. The zero-order chi connectivity index (χ0) is 25.8. The van der Waals surface area contributed by atoms with E-state index in [1.165, 1.54) is 25.2 Å². The molecule has 9 heteroatoms. The number of ether oxygens (including phenoxy) is 3. The van der Waals surface area contributed by atoms with Crippen molar-refractivity contribution in [2.45, 2.75) is 26.4 Å². The van der Waals surface area contributed by atoms with Crippen molar-refractivity contribution in [2.75, 3.05) is 57.2 Å². The first-order chi connectivity index (χ1) is 16.6. The maximum absolute atomic E-state index is 13.2. The molecular weight excluding hydrogens is 450 g/mol. The molecule has 0 unspecified atom stereocenters. The minimum Gasteiger partial charge on any atom is -0.465 e. The lowest BCUT2D eigenvalue weighted by Crippen LogP contribution is -2.44. The summed E-state index contributed by atoms with van der Waals surface area (Å²) >= 11 is 0. The first-order valence-electron chi connectivity index (χ1n) is 11.4. The van der Waals surface area contributed by atoms with Gasteiger partial charge in [0.1, 0.15) is 11.3 Å². The molecule has 1 aromatic carbocycles. The van der Waals surface area contributed by atoms with Gasteiger partial charge in [-0.3, -0.25) is 0 Å². The van der Waals surface area contributed by atoms with Gasteiger partial charge in [-0.15, -0.1) is 0 Å². The fourth-order valence-electron chi connectivity index (χ4n) is 3.84. The van der Waals surface area contributed by atoms with Crippen molar-refractivity contribution >= 4 is 29.3 Å². The molecule has 0 N–H and O–H groups in total. The van der Waals surface area contributed by atoms with Gasteiger partial charge in [0.25, 0.3) is 0 Å². The van der Waals surface area contributed by atoms with Gasteiger partial charge in [0, 0.05) is 38.1 Å². The number of esters is 3. The summed E-state index contributed by atoms with van der Waals surface area (Å²) in [5, 5.41) is 0. The monoisotopic (exact) mass is 483 g/mol. The van der Waals surface area contributed by atoms with Crippen molar-refractivity contribution in [1.29, 1.82) is 0 Å². The summed E-state index contributed by atoms with van der Waals surface area (Å²) < 4.78 is 15.6. The second-order valence-electron chi connectivity index (χ2n) is 9.31. The third-order valence-electron chi connectivity index (χ3n) is 5.62. The second kappa shape index (κ2) is 10.8. The Balaban J connectivity index is 2.21. The predicted molar refractivity (Wildman–Crippen MR) is 133 cm³/mol. The Morgan fingerprint density at radius 3 is 2.14 bits per heavy atom. The molecule has 2 aliphatic rings. The molecule has 0 aromatic heterocycles. The summed E-state index contributed by atoms with van der Waals surface area (Å²) in [5.41, 5.74) is 0.732. The van der Waals surface area contributed by atoms with Crippen LogP contribution in [0, 0.1) is 0 Å². The SMILES string of the molecule is COC(=O)C1=C(C(=O)OC)N(c2cc(N3CCN(C)CC3)ccc2C(=O)OC(C)(C)C)C=CC=C1. The van der Waals surface area contributed by atoms with Crippen LogP contribution in [0.3, 0.4) is 0 Å². The van der Waals surface area contributed by atoms with Crippen LogP contribution in [-0.2, 0) is 23.8 Å². The molecule has 0 saturated carbocycles. The van der Waals surface area contributed by atoms with E-state index in [-0.39, 0.29) is 16.8 Å². The lowest BCUT2D eigenvalue weighted by Gasteiger charge is -2.35. The van der Waals surface area contributed by atoms with Crippen molar-refractivity contribution in [2.24, 2.45) is 0 Å². The van der Waals surface area contributed by atoms with E-state index < -0.39 is 23.5 Å². The Morgan fingerprint density at radius 2 is 1.54 bits per heavy atom. The number of benzene rings is 1. The van der Waals surface area contributed by atoms with Crippen molar-refractivity contribution in [3.8, 4) is 0 Å². The summed E-state index contributed by atoms with van der Waals surface area (Å²) in [6.45, 7) is 8.78. The molecular formula is C26H33N3O6. The van der Waals surface area contributed by atoms with Crippen molar-refractivity contribution in [3.05, 3.63) is 59.5 Å². The van der Waals surface area contributed by atoms with Crippen LogP contribution in [0.25, 0.3) is 0 Å². The molecule has 9 nitrogen and oxygen atoms in total. The van der Waals surface area contributed by atoms with E-state index in [2.05, 4.69) is 16.8 Å². The van der Waals surface area contributed by atoms with E-state index in [1.54, 1.807) is 45.2 Å². The smallest absolute Gasteiger partial charge is 0.355 e. The molecule has 0 atom stereocenters. The maximum Gasteiger partial charge on any atom is 0.355 e. The van der Waals surface area contributed by atoms with Gasteiger partial charge < -0.3 is 28.9 Å². The number of nitrogens with zero attached hydrogens (tertiary/aromatic N) is 3. The summed E-state index contributed by atoms with van der Waals surface area (Å²) in [4.78, 5) is 44.7. The van der Waals surface area contributed by atoms with Gasteiger partial charge in [0.2, 0.25) is 0 Å². The number of hydrogen-bond acceptors (Lipinski definition) is 9. The highest BCUT2D eigenvalue weighted by atomic mass is 16.6. The number of carbonyl (C=O) groups is 3. The van der Waals surface area contributed by atoms with Crippen LogP contribution in [-0.4, -0.2) is 75.9 Å². The molecule has 2 aliphatic heterocycles. The maximum atomic E-state index is 13.2. The van der Waals surface area contributed by atoms with Crippen LogP contribution >= 0.6 is 0 Å². The van der Waals surface area contributed by atoms with Crippen LogP contribution in [0.1, 0.15) is 31.1 Å². The molecule has 1 saturated heterocycles. The lowest BCUT2D eigenvalue weighted by atomic mass is 10.1. The van der Waals surface area contributed by atoms with E-state index in [1.807, 2.05) is 12.1 Å². The zero-order valence-electron chi connectivity index (χ0n) is 21.2. The van der Waals surface area contributed by atoms with Crippen molar-refractivity contribution in [1.82, 2.24) is 4.90 Å². The first-order valence-corrected chi connectivity index (χ1v) is 11.4. The van der Waals surface area contributed by atoms with Crippen LogP contribution < -0.4 is 9.80 Å². The normalized spacial score (nSPS) is 16.7. The molecule has 0 bridgehead atoms. The molecule has 188 valence electrons. The number of hydrogen-bond donors (Lipinski definition) is 0. The molecule has 3 rings (SSSR count). The summed E-state index contributed by atoms with van der Waals surface area (Å²) in [5.74, 6) is -2.00. The Kier molecular flexibility index (Phi) is 8.01. The number of methoxy groups -OCH3 is 2. The highest BCUT2D eigenvalue weighted by Gasteiger charge is 2.31. The number of rotatable bonds is 5. The second-order valence-corrected chi connectivity index (χ2v) is 9.31. The van der Waals surface area contributed by atoms with Crippen LogP contribution in [0.4, 0.5) is 11.4 Å². The van der Waals surface area contributed by atoms with Crippen LogP contribution in [0.5, 0.6) is 0 Å². The first kappa shape index (κ1) is 26.0. The number of carbonyl (C=O) groups excluding carboxylic acids is 3. The van der Waals surface area contributed by atoms with Gasteiger partial charge in [-0.2, -0.15) is 0 Å². The highest BCUT2D eigenvalue weighted by molar-refractivity contribution is 6.07.